The first-order valence-corrected chi connectivity index (χ1v) is 11.6. The smallest absolute Gasteiger partial charge is 0.308 e. The van der Waals surface area contributed by atoms with Crippen LogP contribution in [0.4, 0.5) is 0 Å². The van der Waals surface area contributed by atoms with Gasteiger partial charge in [-0.15, -0.1) is 12.8 Å². The fourth-order valence-electron chi connectivity index (χ4n) is 3.20. The highest BCUT2D eigenvalue weighted by Gasteiger charge is 2.37. The molecular weight excluding hydrogens is 512 g/mol. The molecule has 1 aliphatic heterocycles. The first-order chi connectivity index (χ1) is 18.5. The van der Waals surface area contributed by atoms with Gasteiger partial charge in [-0.1, -0.05) is 20.4 Å². The number of hydrogen-bond acceptors (Lipinski definition) is 11. The van der Waals surface area contributed by atoms with Gasteiger partial charge in [-0.05, 0) is 30.7 Å². The van der Waals surface area contributed by atoms with Crippen molar-refractivity contribution in [3.05, 3.63) is 59.9 Å². The lowest BCUT2D eigenvalue weighted by Gasteiger charge is -2.34. The number of aliphatic hydroxyl groups excluding tert-OH is 3. The molecule has 0 spiro atoms. The second-order valence-corrected chi connectivity index (χ2v) is 8.07. The fourth-order valence-corrected chi connectivity index (χ4v) is 3.20. The van der Waals surface area contributed by atoms with Crippen LogP contribution in [0.5, 0.6) is 34.5 Å². The Kier molecular flexibility index (Phi) is 15.1. The molecule has 0 aliphatic carbocycles. The van der Waals surface area contributed by atoms with Crippen molar-refractivity contribution in [3.63, 3.8) is 0 Å². The number of aliphatic hydroxyl groups is 3. The van der Waals surface area contributed by atoms with E-state index >= 15 is 0 Å². The summed E-state index contributed by atoms with van der Waals surface area (Å²) in [5, 5.41) is 72.8. The number of benzene rings is 2. The molecule has 0 bridgehead atoms. The fraction of sp³-hybridized carbons (Fsp3) is 0.321. The van der Waals surface area contributed by atoms with Crippen molar-refractivity contribution in [2.45, 2.75) is 38.9 Å². The van der Waals surface area contributed by atoms with Gasteiger partial charge in [0.05, 0.1) is 5.92 Å². The first-order valence-electron chi connectivity index (χ1n) is 11.6. The predicted octanol–water partition coefficient (Wildman–Crippen LogP) is 3.31. The molecule has 214 valence electrons. The molecule has 2 unspecified atom stereocenters. The summed E-state index contributed by atoms with van der Waals surface area (Å²) in [7, 11) is 1.00. The van der Waals surface area contributed by atoms with Crippen molar-refractivity contribution < 1.29 is 55.1 Å². The number of carbonyl (C=O) groups is 1. The maximum absolute atomic E-state index is 12.1. The third kappa shape index (κ3) is 10.0. The minimum Gasteiger partial charge on any atom is -0.508 e. The Hall–Kier alpha value is -4.53. The van der Waals surface area contributed by atoms with Crippen LogP contribution in [0.2, 0.25) is 0 Å². The highest BCUT2D eigenvalue weighted by molar-refractivity contribution is 5.72. The van der Waals surface area contributed by atoms with E-state index in [1.807, 2.05) is 0 Å². The number of fused-ring (bicyclic) bond motifs is 1. The second-order valence-electron chi connectivity index (χ2n) is 8.07. The SMILES string of the molecule is C#C.C=C/C(O)=C\CCO.CC(C)C(=O)OC1Cc2c(O)cc(O)cc2OC1c1cc(O)c(O)c(O)c1.CO. The molecule has 11 heteroatoms. The van der Waals surface area contributed by atoms with Gasteiger partial charge in [0.2, 0.25) is 0 Å². The lowest BCUT2D eigenvalue weighted by Crippen LogP contribution is -2.35. The van der Waals surface area contributed by atoms with Gasteiger partial charge in [0.15, 0.2) is 23.4 Å². The van der Waals surface area contributed by atoms with Crippen LogP contribution >= 0.6 is 0 Å². The van der Waals surface area contributed by atoms with Gasteiger partial charge >= 0.3 is 5.97 Å². The number of hydrogen-bond donors (Lipinski definition) is 8. The molecule has 1 heterocycles. The normalized spacial score (nSPS) is 15.4. The van der Waals surface area contributed by atoms with Gasteiger partial charge in [-0.25, -0.2) is 0 Å². The van der Waals surface area contributed by atoms with Crippen LogP contribution in [0.3, 0.4) is 0 Å². The van der Waals surface area contributed by atoms with E-state index in [-0.39, 0.29) is 41.6 Å². The first kappa shape index (κ1) is 34.5. The van der Waals surface area contributed by atoms with Gasteiger partial charge in [-0.2, -0.15) is 0 Å². The Balaban J connectivity index is 0.00000102. The quantitative estimate of drug-likeness (QED) is 0.0866. The van der Waals surface area contributed by atoms with Gasteiger partial charge in [0.25, 0.3) is 0 Å². The summed E-state index contributed by atoms with van der Waals surface area (Å²) in [6.45, 7) is 6.72. The molecule has 39 heavy (non-hydrogen) atoms. The summed E-state index contributed by atoms with van der Waals surface area (Å²) >= 11 is 0. The molecule has 8 N–H and O–H groups in total. The Morgan fingerprint density at radius 1 is 1.08 bits per heavy atom. The van der Waals surface area contributed by atoms with E-state index in [1.54, 1.807) is 13.8 Å². The number of carbonyl (C=O) groups excluding carboxylic acids is 1. The molecule has 1 aliphatic rings. The lowest BCUT2D eigenvalue weighted by molar-refractivity contribution is -0.159. The molecular formula is C28H36O11. The van der Waals surface area contributed by atoms with E-state index < -0.39 is 41.3 Å². The van der Waals surface area contributed by atoms with E-state index in [0.717, 1.165) is 13.2 Å². The Labute approximate surface area is 227 Å². The lowest BCUT2D eigenvalue weighted by atomic mass is 9.93. The van der Waals surface area contributed by atoms with Crippen molar-refractivity contribution in [2.24, 2.45) is 5.92 Å². The Bertz CT molecular complexity index is 1110. The summed E-state index contributed by atoms with van der Waals surface area (Å²) < 4.78 is 11.3. The molecule has 2 aromatic carbocycles. The molecule has 2 atom stereocenters. The van der Waals surface area contributed by atoms with Crippen molar-refractivity contribution in [3.8, 4) is 47.3 Å². The monoisotopic (exact) mass is 548 g/mol. The number of rotatable bonds is 6. The largest absolute Gasteiger partial charge is 0.508 e. The maximum Gasteiger partial charge on any atom is 0.308 e. The average molecular weight is 549 g/mol. The predicted molar refractivity (Wildman–Crippen MR) is 144 cm³/mol. The van der Waals surface area contributed by atoms with E-state index in [0.29, 0.717) is 12.0 Å². The van der Waals surface area contributed by atoms with Crippen LogP contribution in [0, 0.1) is 18.8 Å². The number of ether oxygens (including phenoxy) is 2. The topological polar surface area (TPSA) is 197 Å². The average Bonchev–Trinajstić information content (AvgIpc) is 2.92. The minimum absolute atomic E-state index is 0.0674. The number of allylic oxidation sites excluding steroid dienone is 1. The molecule has 0 amide bonds. The third-order valence-electron chi connectivity index (χ3n) is 5.02. The summed E-state index contributed by atoms with van der Waals surface area (Å²) in [6, 6.07) is 4.83. The Morgan fingerprint density at radius 2 is 1.64 bits per heavy atom. The summed E-state index contributed by atoms with van der Waals surface area (Å²) in [4.78, 5) is 12.1. The summed E-state index contributed by atoms with van der Waals surface area (Å²) in [6.07, 6.45) is 9.60. The van der Waals surface area contributed by atoms with Crippen molar-refractivity contribution in [1.29, 1.82) is 0 Å². The van der Waals surface area contributed by atoms with Crippen LogP contribution in [-0.4, -0.2) is 66.6 Å². The maximum atomic E-state index is 12.1. The Morgan fingerprint density at radius 3 is 2.13 bits per heavy atom. The van der Waals surface area contributed by atoms with Gasteiger partial charge < -0.3 is 50.3 Å². The van der Waals surface area contributed by atoms with Gasteiger partial charge in [0, 0.05) is 43.4 Å². The van der Waals surface area contributed by atoms with Crippen LogP contribution in [0.15, 0.2) is 48.8 Å². The van der Waals surface area contributed by atoms with E-state index in [4.69, 9.17) is 24.8 Å². The van der Waals surface area contributed by atoms with E-state index in [2.05, 4.69) is 19.4 Å². The van der Waals surface area contributed by atoms with Crippen LogP contribution in [0.25, 0.3) is 0 Å². The van der Waals surface area contributed by atoms with Crippen molar-refractivity contribution in [1.82, 2.24) is 0 Å². The number of phenolic OH excluding ortho intramolecular Hbond substituents is 5. The van der Waals surface area contributed by atoms with Crippen molar-refractivity contribution >= 4 is 5.97 Å². The standard InChI is InChI=1S/C19H20O8.C6H10O2.C2H2.CH4O/c1-8(2)19(25)27-16-7-11-12(21)5-10(20)6-15(11)26-18(16)9-3-13(22)17(24)14(23)4-9;1-2-6(8)4-3-5-7;2*1-2/h3-6,8,16,18,20-24H,7H2,1-2H3;2,4,7-8H,1,3,5H2;1-2H;2H,1H3/b;6-4+;;. The number of phenols is 5. The molecule has 0 saturated heterocycles. The highest BCUT2D eigenvalue weighted by atomic mass is 16.6. The molecule has 3 rings (SSSR count). The van der Waals surface area contributed by atoms with Crippen LogP contribution in [-0.2, 0) is 16.0 Å². The van der Waals surface area contributed by atoms with Crippen LogP contribution < -0.4 is 4.74 Å². The summed E-state index contributed by atoms with van der Waals surface area (Å²) in [5.41, 5.74) is 0.607. The van der Waals surface area contributed by atoms with Gasteiger partial charge in [0.1, 0.15) is 29.1 Å². The molecule has 0 fully saturated rings. The second kappa shape index (κ2) is 17.1. The molecule has 0 saturated carbocycles. The number of aromatic hydroxyl groups is 5. The van der Waals surface area contributed by atoms with E-state index in [9.17, 15) is 30.3 Å². The number of esters is 1. The van der Waals surface area contributed by atoms with E-state index in [1.165, 1.54) is 30.4 Å². The highest BCUT2D eigenvalue weighted by Crippen LogP contribution is 2.45. The summed E-state index contributed by atoms with van der Waals surface area (Å²) in [5.74, 6) is -2.80. The number of terminal acetylenes is 1. The molecule has 0 radical (unpaired) electrons. The molecule has 2 aromatic rings. The molecule has 0 aromatic heterocycles. The van der Waals surface area contributed by atoms with Crippen molar-refractivity contribution in [2.75, 3.05) is 13.7 Å². The zero-order valence-electron chi connectivity index (χ0n) is 22.0. The minimum atomic E-state index is -0.946. The van der Waals surface area contributed by atoms with Gasteiger partial charge in [-0.3, -0.25) is 4.79 Å². The molecule has 11 nitrogen and oxygen atoms in total. The zero-order chi connectivity index (χ0) is 30.3. The zero-order valence-corrected chi connectivity index (χ0v) is 22.0. The third-order valence-corrected chi connectivity index (χ3v) is 5.02. The van der Waals surface area contributed by atoms with Crippen LogP contribution in [0.1, 0.15) is 37.5 Å².